The first-order valence-electron chi connectivity index (χ1n) is 9.94. The van der Waals surface area contributed by atoms with Gasteiger partial charge in [-0.2, -0.15) is 0 Å². The van der Waals surface area contributed by atoms with E-state index in [1.807, 2.05) is 13.8 Å². The average Bonchev–Trinajstić information content (AvgIpc) is 2.61. The normalized spacial score (nSPS) is 28.9. The van der Waals surface area contributed by atoms with Crippen LogP contribution in [-0.2, 0) is 28.5 Å². The summed E-state index contributed by atoms with van der Waals surface area (Å²) in [6.45, 7) is 9.59. The number of hydrogen-bond donors (Lipinski definition) is 1. The van der Waals surface area contributed by atoms with Gasteiger partial charge < -0.3 is 29.4 Å². The summed E-state index contributed by atoms with van der Waals surface area (Å²) in [7, 11) is 0. The minimum Gasteiger partial charge on any atom is -0.457 e. The molecule has 0 spiro atoms. The Morgan fingerprint density at radius 1 is 0.962 bits per heavy atom. The summed E-state index contributed by atoms with van der Waals surface area (Å²) in [5, 5.41) is 0. The third-order valence-electron chi connectivity index (χ3n) is 4.17. The van der Waals surface area contributed by atoms with Gasteiger partial charge in [0.1, 0.15) is 12.2 Å². The highest BCUT2D eigenvalue weighted by Gasteiger charge is 2.47. The molecule has 1 aliphatic rings. The van der Waals surface area contributed by atoms with Gasteiger partial charge in [-0.3, -0.25) is 4.79 Å². The van der Waals surface area contributed by atoms with Crippen LogP contribution in [0.2, 0.25) is 0 Å². The first-order chi connectivity index (χ1) is 12.5. The molecule has 1 saturated heterocycles. The minimum absolute atomic E-state index is 0.305. The summed E-state index contributed by atoms with van der Waals surface area (Å²) >= 11 is 0. The molecule has 7 nitrogen and oxygen atoms in total. The second kappa shape index (κ2) is 13.4. The van der Waals surface area contributed by atoms with E-state index < -0.39 is 36.6 Å². The fourth-order valence-electron chi connectivity index (χ4n) is 2.90. The number of unbranched alkanes of at least 4 members (excludes halogenated alkanes) is 2. The van der Waals surface area contributed by atoms with Crippen molar-refractivity contribution in [3.63, 3.8) is 0 Å². The predicted octanol–water partition coefficient (Wildman–Crippen LogP) is 2.40. The van der Waals surface area contributed by atoms with Crippen molar-refractivity contribution < 1.29 is 28.5 Å². The Morgan fingerprint density at radius 2 is 1.69 bits per heavy atom. The smallest absolute Gasteiger partial charge is 0.303 e. The molecule has 26 heavy (non-hydrogen) atoms. The van der Waals surface area contributed by atoms with E-state index in [-0.39, 0.29) is 0 Å². The quantitative estimate of drug-likeness (QED) is 0.390. The molecule has 2 N–H and O–H groups in total. The van der Waals surface area contributed by atoms with Crippen LogP contribution in [0.4, 0.5) is 0 Å². The Balaban J connectivity index is 2.83. The summed E-state index contributed by atoms with van der Waals surface area (Å²) in [6, 6.07) is -0.532. The molecule has 1 aliphatic heterocycles. The van der Waals surface area contributed by atoms with E-state index in [1.165, 1.54) is 6.92 Å². The zero-order valence-electron chi connectivity index (χ0n) is 16.8. The molecule has 0 aromatic rings. The molecule has 0 bridgehead atoms. The molecule has 1 heterocycles. The largest absolute Gasteiger partial charge is 0.457 e. The standard InChI is InChI=1S/C19H37NO6/c1-5-8-9-12-24-19-16(20)18(23-11-7-3)17(25-14(4)21)15(26-19)13-22-10-6-2/h15-19H,5-13,20H2,1-4H3/t15-,16-,17-,18-,19?/m1/s1. The van der Waals surface area contributed by atoms with Crippen LogP contribution < -0.4 is 5.73 Å². The van der Waals surface area contributed by atoms with Gasteiger partial charge in [0.25, 0.3) is 0 Å². The van der Waals surface area contributed by atoms with Crippen molar-refractivity contribution in [1.82, 2.24) is 0 Å². The van der Waals surface area contributed by atoms with Crippen LogP contribution in [0, 0.1) is 0 Å². The monoisotopic (exact) mass is 375 g/mol. The summed E-state index contributed by atoms with van der Waals surface area (Å²) in [4.78, 5) is 11.6. The molecule has 5 atom stereocenters. The molecule has 7 heteroatoms. The molecular formula is C19H37NO6. The number of carbonyl (C=O) groups excluding carboxylic acids is 1. The van der Waals surface area contributed by atoms with Crippen molar-refractivity contribution in [3.8, 4) is 0 Å². The van der Waals surface area contributed by atoms with E-state index in [4.69, 9.17) is 29.4 Å². The first kappa shape index (κ1) is 23.3. The van der Waals surface area contributed by atoms with Crippen molar-refractivity contribution in [2.75, 3.05) is 26.4 Å². The fraction of sp³-hybridized carbons (Fsp3) is 0.947. The lowest BCUT2D eigenvalue weighted by Crippen LogP contribution is -2.64. The Labute approximate surface area is 157 Å². The fourth-order valence-corrected chi connectivity index (χ4v) is 2.90. The van der Waals surface area contributed by atoms with E-state index in [1.54, 1.807) is 0 Å². The molecular weight excluding hydrogens is 338 g/mol. The number of hydrogen-bond acceptors (Lipinski definition) is 7. The molecule has 0 amide bonds. The summed E-state index contributed by atoms with van der Waals surface area (Å²) < 4.78 is 29.0. The molecule has 0 aromatic carbocycles. The average molecular weight is 376 g/mol. The highest BCUT2D eigenvalue weighted by Crippen LogP contribution is 2.26. The van der Waals surface area contributed by atoms with Gasteiger partial charge >= 0.3 is 5.97 Å². The third-order valence-corrected chi connectivity index (χ3v) is 4.17. The van der Waals surface area contributed by atoms with Gasteiger partial charge in [-0.15, -0.1) is 0 Å². The highest BCUT2D eigenvalue weighted by atomic mass is 16.7. The van der Waals surface area contributed by atoms with Gasteiger partial charge in [0.15, 0.2) is 12.4 Å². The van der Waals surface area contributed by atoms with Crippen molar-refractivity contribution in [2.24, 2.45) is 5.73 Å². The van der Waals surface area contributed by atoms with Crippen LogP contribution in [0.3, 0.4) is 0 Å². The van der Waals surface area contributed by atoms with Crippen LogP contribution in [0.1, 0.15) is 59.8 Å². The van der Waals surface area contributed by atoms with Crippen LogP contribution in [0.25, 0.3) is 0 Å². The molecule has 1 fully saturated rings. The zero-order chi connectivity index (χ0) is 19.4. The van der Waals surface area contributed by atoms with Gasteiger partial charge in [0, 0.05) is 26.7 Å². The van der Waals surface area contributed by atoms with Gasteiger partial charge in [0.2, 0.25) is 0 Å². The van der Waals surface area contributed by atoms with E-state index in [0.717, 1.165) is 32.1 Å². The lowest BCUT2D eigenvalue weighted by Gasteiger charge is -2.44. The maximum absolute atomic E-state index is 11.6. The minimum atomic E-state index is -0.610. The molecule has 154 valence electrons. The van der Waals surface area contributed by atoms with E-state index >= 15 is 0 Å². The van der Waals surface area contributed by atoms with Crippen LogP contribution >= 0.6 is 0 Å². The molecule has 0 aromatic heterocycles. The first-order valence-corrected chi connectivity index (χ1v) is 9.94. The lowest BCUT2D eigenvalue weighted by atomic mass is 9.97. The molecule has 1 unspecified atom stereocenters. The van der Waals surface area contributed by atoms with Gasteiger partial charge in [-0.05, 0) is 19.3 Å². The second-order valence-corrected chi connectivity index (χ2v) is 6.68. The maximum atomic E-state index is 11.6. The topological polar surface area (TPSA) is 89.2 Å². The van der Waals surface area contributed by atoms with Crippen LogP contribution in [-0.4, -0.2) is 63.0 Å². The zero-order valence-corrected chi connectivity index (χ0v) is 16.8. The predicted molar refractivity (Wildman–Crippen MR) is 98.8 cm³/mol. The lowest BCUT2D eigenvalue weighted by molar-refractivity contribution is -0.278. The second-order valence-electron chi connectivity index (χ2n) is 6.68. The number of ether oxygens (including phenoxy) is 5. The number of carbonyl (C=O) groups is 1. The number of nitrogens with two attached hydrogens (primary N) is 1. The Kier molecular flexibility index (Phi) is 12.0. The van der Waals surface area contributed by atoms with Gasteiger partial charge in [-0.1, -0.05) is 33.6 Å². The van der Waals surface area contributed by atoms with Crippen molar-refractivity contribution in [2.45, 2.75) is 90.4 Å². The van der Waals surface area contributed by atoms with E-state index in [2.05, 4.69) is 6.92 Å². The Hall–Kier alpha value is -0.730. The maximum Gasteiger partial charge on any atom is 0.303 e. The van der Waals surface area contributed by atoms with Gasteiger partial charge in [0.05, 0.1) is 12.6 Å². The molecule has 0 aliphatic carbocycles. The third kappa shape index (κ3) is 7.88. The summed E-state index contributed by atoms with van der Waals surface area (Å²) in [5.41, 5.74) is 6.35. The van der Waals surface area contributed by atoms with Crippen molar-refractivity contribution >= 4 is 5.97 Å². The van der Waals surface area contributed by atoms with E-state index in [9.17, 15) is 4.79 Å². The number of rotatable bonds is 13. The molecule has 0 radical (unpaired) electrons. The Bertz CT molecular complexity index is 381. The van der Waals surface area contributed by atoms with E-state index in [0.29, 0.717) is 26.4 Å². The van der Waals surface area contributed by atoms with Crippen LogP contribution in [0.15, 0.2) is 0 Å². The summed E-state index contributed by atoms with van der Waals surface area (Å²) in [6.07, 6.45) is 2.74. The molecule has 1 rings (SSSR count). The molecule has 0 saturated carbocycles. The number of esters is 1. The van der Waals surface area contributed by atoms with Crippen LogP contribution in [0.5, 0.6) is 0 Å². The van der Waals surface area contributed by atoms with Gasteiger partial charge in [-0.25, -0.2) is 0 Å². The Morgan fingerprint density at radius 3 is 2.31 bits per heavy atom. The SMILES string of the molecule is CCCCCOC1O[C@H](COCCC)[C@@H](OC(C)=O)[C@H](OCCC)[C@H]1N. The van der Waals surface area contributed by atoms with Crippen molar-refractivity contribution in [3.05, 3.63) is 0 Å². The highest BCUT2D eigenvalue weighted by molar-refractivity contribution is 5.66. The summed E-state index contributed by atoms with van der Waals surface area (Å²) in [5.74, 6) is -0.390. The van der Waals surface area contributed by atoms with Crippen molar-refractivity contribution in [1.29, 1.82) is 0 Å².